The fraction of sp³-hybridized carbons (Fsp3) is 0.308. The second kappa shape index (κ2) is 9.30. The minimum Gasteiger partial charge on any atom is -0.481 e. The van der Waals surface area contributed by atoms with E-state index in [0.29, 0.717) is 22.8 Å². The summed E-state index contributed by atoms with van der Waals surface area (Å²) in [5.74, 6) is -0.924. The number of benzene rings is 1. The molecule has 0 spiro atoms. The Hall–Kier alpha value is -1.67. The van der Waals surface area contributed by atoms with Gasteiger partial charge in [0.1, 0.15) is 0 Å². The zero-order valence-corrected chi connectivity index (χ0v) is 12.8. The van der Waals surface area contributed by atoms with Gasteiger partial charge in [0.25, 0.3) is 5.91 Å². The smallest absolute Gasteiger partial charge is 0.313 e. The number of nitrogens with one attached hydrogen (secondary N) is 1. The fourth-order valence-corrected chi connectivity index (χ4v) is 2.77. The third-order valence-corrected chi connectivity index (χ3v) is 4.30. The van der Waals surface area contributed by atoms with Gasteiger partial charge in [0.15, 0.2) is 0 Å². The van der Waals surface area contributed by atoms with Crippen LogP contribution in [0, 0.1) is 0 Å². The van der Waals surface area contributed by atoms with Crippen molar-refractivity contribution in [2.24, 2.45) is 5.73 Å². The molecule has 0 atom stereocenters. The van der Waals surface area contributed by atoms with Gasteiger partial charge in [0.2, 0.25) is 5.91 Å². The Balaban J connectivity index is 2.49. The summed E-state index contributed by atoms with van der Waals surface area (Å²) < 4.78 is 0. The Kier molecular flexibility index (Phi) is 7.70. The van der Waals surface area contributed by atoms with Gasteiger partial charge in [-0.1, -0.05) is 12.1 Å². The van der Waals surface area contributed by atoms with Crippen LogP contribution < -0.4 is 11.1 Å². The molecule has 0 radical (unpaired) electrons. The number of rotatable bonds is 9. The van der Waals surface area contributed by atoms with E-state index in [1.165, 1.54) is 23.5 Å². The van der Waals surface area contributed by atoms with Gasteiger partial charge in [-0.25, -0.2) is 0 Å². The summed E-state index contributed by atoms with van der Waals surface area (Å²) in [4.78, 5) is 33.9. The average molecular weight is 328 g/mol. The third-order valence-electron chi connectivity index (χ3n) is 2.26. The highest BCUT2D eigenvalue weighted by Gasteiger charge is 2.11. The molecule has 114 valence electrons. The SMILES string of the molecule is NC(=O)CSc1ccccc1C(=O)NCCSCC(=O)O. The van der Waals surface area contributed by atoms with Crippen LogP contribution in [0.15, 0.2) is 29.2 Å². The summed E-state index contributed by atoms with van der Waals surface area (Å²) in [6, 6.07) is 6.94. The molecule has 0 bridgehead atoms. The van der Waals surface area contributed by atoms with Crippen molar-refractivity contribution in [3.63, 3.8) is 0 Å². The Morgan fingerprint density at radius 1 is 1.19 bits per heavy atom. The first-order valence-electron chi connectivity index (χ1n) is 6.08. The van der Waals surface area contributed by atoms with Crippen LogP contribution in [0.5, 0.6) is 0 Å². The van der Waals surface area contributed by atoms with Crippen molar-refractivity contribution < 1.29 is 19.5 Å². The van der Waals surface area contributed by atoms with Crippen LogP contribution in [-0.2, 0) is 9.59 Å². The van der Waals surface area contributed by atoms with E-state index in [4.69, 9.17) is 10.8 Å². The van der Waals surface area contributed by atoms with Gasteiger partial charge in [0, 0.05) is 17.2 Å². The van der Waals surface area contributed by atoms with Crippen LogP contribution in [0.1, 0.15) is 10.4 Å². The molecule has 0 saturated heterocycles. The van der Waals surface area contributed by atoms with Crippen LogP contribution in [0.4, 0.5) is 0 Å². The summed E-state index contributed by atoms with van der Waals surface area (Å²) in [6.45, 7) is 0.381. The van der Waals surface area contributed by atoms with E-state index in [1.807, 2.05) is 0 Å². The molecule has 0 fully saturated rings. The number of carboxylic acids is 1. The van der Waals surface area contributed by atoms with Gasteiger partial charge in [-0.05, 0) is 12.1 Å². The van der Waals surface area contributed by atoms with E-state index in [0.717, 1.165) is 0 Å². The predicted octanol–water partition coefficient (Wildman–Crippen LogP) is 0.812. The van der Waals surface area contributed by atoms with E-state index in [1.54, 1.807) is 24.3 Å². The van der Waals surface area contributed by atoms with Crippen LogP contribution in [0.2, 0.25) is 0 Å². The zero-order valence-electron chi connectivity index (χ0n) is 11.2. The maximum atomic E-state index is 12.0. The second-order valence-electron chi connectivity index (χ2n) is 3.95. The number of nitrogens with two attached hydrogens (primary N) is 1. The maximum Gasteiger partial charge on any atom is 0.313 e. The number of amides is 2. The first kappa shape index (κ1) is 17.4. The van der Waals surface area contributed by atoms with Gasteiger partial charge in [-0.15, -0.1) is 23.5 Å². The monoisotopic (exact) mass is 328 g/mol. The summed E-state index contributed by atoms with van der Waals surface area (Å²) in [5.41, 5.74) is 5.57. The van der Waals surface area contributed by atoms with Crippen molar-refractivity contribution in [3.8, 4) is 0 Å². The molecule has 8 heteroatoms. The average Bonchev–Trinajstić information content (AvgIpc) is 2.44. The Morgan fingerprint density at radius 3 is 2.57 bits per heavy atom. The highest BCUT2D eigenvalue weighted by atomic mass is 32.2. The van der Waals surface area contributed by atoms with Crippen LogP contribution >= 0.6 is 23.5 Å². The van der Waals surface area contributed by atoms with E-state index in [2.05, 4.69) is 5.32 Å². The molecule has 0 aliphatic heterocycles. The molecule has 6 nitrogen and oxygen atoms in total. The molecular weight excluding hydrogens is 312 g/mol. The predicted molar refractivity (Wildman–Crippen MR) is 83.7 cm³/mol. The van der Waals surface area contributed by atoms with Crippen molar-refractivity contribution in [2.45, 2.75) is 4.90 Å². The summed E-state index contributed by atoms with van der Waals surface area (Å²) in [7, 11) is 0. The number of hydrogen-bond acceptors (Lipinski definition) is 5. The lowest BCUT2D eigenvalue weighted by atomic mass is 10.2. The van der Waals surface area contributed by atoms with Gasteiger partial charge in [0.05, 0.1) is 17.1 Å². The highest BCUT2D eigenvalue weighted by molar-refractivity contribution is 8.00. The molecule has 21 heavy (non-hydrogen) atoms. The largest absolute Gasteiger partial charge is 0.481 e. The standard InChI is InChI=1S/C13H16N2O4S2/c14-11(16)7-21-10-4-2-1-3-9(10)13(19)15-5-6-20-8-12(17)18/h1-4H,5-8H2,(H2,14,16)(H,15,19)(H,17,18). The van der Waals surface area contributed by atoms with E-state index < -0.39 is 11.9 Å². The van der Waals surface area contributed by atoms with E-state index >= 15 is 0 Å². The first-order valence-corrected chi connectivity index (χ1v) is 8.22. The molecule has 0 aromatic heterocycles. The molecular formula is C13H16N2O4S2. The number of primary amides is 1. The summed E-state index contributed by atoms with van der Waals surface area (Å²) in [5, 5.41) is 11.2. The van der Waals surface area contributed by atoms with Crippen LogP contribution in [0.25, 0.3) is 0 Å². The van der Waals surface area contributed by atoms with Crippen molar-refractivity contribution >= 4 is 41.3 Å². The van der Waals surface area contributed by atoms with Crippen molar-refractivity contribution in [1.82, 2.24) is 5.32 Å². The lowest BCUT2D eigenvalue weighted by molar-refractivity contribution is -0.133. The number of thioether (sulfide) groups is 2. The number of carbonyl (C=O) groups excluding carboxylic acids is 2. The van der Waals surface area contributed by atoms with Crippen LogP contribution in [0.3, 0.4) is 0 Å². The minimum atomic E-state index is -0.875. The molecule has 0 aliphatic carbocycles. The molecule has 4 N–H and O–H groups in total. The van der Waals surface area contributed by atoms with E-state index in [-0.39, 0.29) is 17.4 Å². The number of hydrogen-bond donors (Lipinski definition) is 3. The molecule has 0 heterocycles. The van der Waals surface area contributed by atoms with E-state index in [9.17, 15) is 14.4 Å². The number of carboxylic acid groups (broad SMARTS) is 1. The summed E-state index contributed by atoms with van der Waals surface area (Å²) >= 11 is 2.45. The molecule has 1 aromatic rings. The Morgan fingerprint density at radius 2 is 1.90 bits per heavy atom. The molecule has 0 saturated carbocycles. The molecule has 2 amide bonds. The van der Waals surface area contributed by atoms with Crippen molar-refractivity contribution in [2.75, 3.05) is 23.8 Å². The van der Waals surface area contributed by atoms with Crippen molar-refractivity contribution in [3.05, 3.63) is 29.8 Å². The Bertz CT molecular complexity index is 523. The van der Waals surface area contributed by atoms with Crippen molar-refractivity contribution in [1.29, 1.82) is 0 Å². The maximum absolute atomic E-state index is 12.0. The number of aliphatic carboxylic acids is 1. The zero-order chi connectivity index (χ0) is 15.7. The van der Waals surface area contributed by atoms with Gasteiger partial charge in [-0.3, -0.25) is 14.4 Å². The number of carbonyl (C=O) groups is 3. The fourth-order valence-electron chi connectivity index (χ4n) is 1.42. The van der Waals surface area contributed by atoms with Crippen LogP contribution in [-0.4, -0.2) is 46.7 Å². The second-order valence-corrected chi connectivity index (χ2v) is 6.08. The molecule has 1 aromatic carbocycles. The molecule has 0 aliphatic rings. The van der Waals surface area contributed by atoms with Gasteiger partial charge >= 0.3 is 5.97 Å². The lowest BCUT2D eigenvalue weighted by Crippen LogP contribution is -2.26. The normalized spacial score (nSPS) is 10.1. The molecule has 1 rings (SSSR count). The third kappa shape index (κ3) is 7.05. The molecule has 0 unspecified atom stereocenters. The highest BCUT2D eigenvalue weighted by Crippen LogP contribution is 2.22. The van der Waals surface area contributed by atoms with Gasteiger partial charge in [-0.2, -0.15) is 0 Å². The minimum absolute atomic E-state index is 0.0148. The lowest BCUT2D eigenvalue weighted by Gasteiger charge is -2.09. The summed E-state index contributed by atoms with van der Waals surface area (Å²) in [6.07, 6.45) is 0. The first-order chi connectivity index (χ1) is 10.0. The topological polar surface area (TPSA) is 109 Å². The van der Waals surface area contributed by atoms with Gasteiger partial charge < -0.3 is 16.2 Å². The quantitative estimate of drug-likeness (QED) is 0.457. The Labute approximate surface area is 130 Å².